The Bertz CT molecular complexity index is 383. The molecular weight excluding hydrogens is 250 g/mol. The lowest BCUT2D eigenvalue weighted by Gasteiger charge is -2.12. The maximum atomic E-state index is 6.11. The molecule has 0 fully saturated rings. The number of nitrogens with zero attached hydrogens (tertiary/aromatic N) is 2. The zero-order valence-electron chi connectivity index (χ0n) is 11.6. The van der Waals surface area contributed by atoms with Gasteiger partial charge in [0.25, 0.3) is 0 Å². The van der Waals surface area contributed by atoms with Crippen molar-refractivity contribution in [2.45, 2.75) is 40.0 Å². The van der Waals surface area contributed by atoms with Gasteiger partial charge in [-0.25, -0.2) is 9.97 Å². The van der Waals surface area contributed by atoms with Crippen LogP contribution in [0.3, 0.4) is 0 Å². The van der Waals surface area contributed by atoms with Gasteiger partial charge in [0.2, 0.25) is 0 Å². The van der Waals surface area contributed by atoms with Crippen molar-refractivity contribution in [1.29, 1.82) is 0 Å². The predicted molar refractivity (Wildman–Crippen MR) is 75.5 cm³/mol. The second kappa shape index (κ2) is 7.54. The maximum Gasteiger partial charge on any atom is 0.137 e. The molecule has 0 atom stereocenters. The molecule has 5 heteroatoms. The minimum absolute atomic E-state index is 0.270. The standard InChI is InChI=1S/C13H22ClN3O/c1-5-18-8-6-7-15-13-10(4)11(14)16-12(17-13)9(2)3/h9H,5-8H2,1-4H3,(H,15,16,17). The number of ether oxygens (including phenoxy) is 1. The van der Waals surface area contributed by atoms with Crippen molar-refractivity contribution in [3.05, 3.63) is 16.5 Å². The molecule has 0 spiro atoms. The van der Waals surface area contributed by atoms with Gasteiger partial charge >= 0.3 is 0 Å². The molecule has 0 aromatic carbocycles. The van der Waals surface area contributed by atoms with Gasteiger partial charge in [-0.3, -0.25) is 0 Å². The van der Waals surface area contributed by atoms with E-state index in [-0.39, 0.29) is 5.92 Å². The van der Waals surface area contributed by atoms with Crippen LogP contribution in [0.15, 0.2) is 0 Å². The van der Waals surface area contributed by atoms with E-state index in [2.05, 4.69) is 29.1 Å². The highest BCUT2D eigenvalue weighted by molar-refractivity contribution is 6.30. The Morgan fingerprint density at radius 3 is 2.67 bits per heavy atom. The summed E-state index contributed by atoms with van der Waals surface area (Å²) >= 11 is 6.11. The lowest BCUT2D eigenvalue weighted by molar-refractivity contribution is 0.147. The molecule has 0 aliphatic heterocycles. The Labute approximate surface area is 114 Å². The molecule has 0 aliphatic rings. The SMILES string of the molecule is CCOCCCNc1nc(C(C)C)nc(Cl)c1C. The van der Waals surface area contributed by atoms with Gasteiger partial charge in [0.1, 0.15) is 16.8 Å². The van der Waals surface area contributed by atoms with Crippen LogP contribution in [0.25, 0.3) is 0 Å². The van der Waals surface area contributed by atoms with Gasteiger partial charge < -0.3 is 10.1 Å². The Morgan fingerprint density at radius 2 is 2.06 bits per heavy atom. The molecule has 1 aromatic rings. The van der Waals surface area contributed by atoms with Crippen LogP contribution in [0.4, 0.5) is 5.82 Å². The highest BCUT2D eigenvalue weighted by Crippen LogP contribution is 2.22. The van der Waals surface area contributed by atoms with Gasteiger partial charge in [-0.2, -0.15) is 0 Å². The van der Waals surface area contributed by atoms with Gasteiger partial charge in [0.15, 0.2) is 0 Å². The molecule has 1 rings (SSSR count). The summed E-state index contributed by atoms with van der Waals surface area (Å²) in [7, 11) is 0. The van der Waals surface area contributed by atoms with Gasteiger partial charge in [-0.05, 0) is 20.3 Å². The smallest absolute Gasteiger partial charge is 0.137 e. The molecule has 0 aliphatic carbocycles. The van der Waals surface area contributed by atoms with E-state index in [1.807, 2.05) is 13.8 Å². The topological polar surface area (TPSA) is 47.0 Å². The summed E-state index contributed by atoms with van der Waals surface area (Å²) < 4.78 is 5.29. The van der Waals surface area contributed by atoms with Crippen LogP contribution in [0.5, 0.6) is 0 Å². The third kappa shape index (κ3) is 4.42. The number of aromatic nitrogens is 2. The number of hydrogen-bond donors (Lipinski definition) is 1. The first-order valence-electron chi connectivity index (χ1n) is 6.41. The van der Waals surface area contributed by atoms with Crippen molar-refractivity contribution in [1.82, 2.24) is 9.97 Å². The first kappa shape index (κ1) is 15.2. The van der Waals surface area contributed by atoms with Crippen LogP contribution in [0.1, 0.15) is 44.5 Å². The van der Waals surface area contributed by atoms with E-state index in [1.54, 1.807) is 0 Å². The quantitative estimate of drug-likeness (QED) is 0.610. The largest absolute Gasteiger partial charge is 0.382 e. The van der Waals surface area contributed by atoms with E-state index in [9.17, 15) is 0 Å². The Balaban J connectivity index is 2.63. The third-order valence-electron chi connectivity index (χ3n) is 2.58. The number of halogens is 1. The number of hydrogen-bond acceptors (Lipinski definition) is 4. The second-order valence-electron chi connectivity index (χ2n) is 4.48. The monoisotopic (exact) mass is 271 g/mol. The molecule has 4 nitrogen and oxygen atoms in total. The molecule has 0 amide bonds. The summed E-state index contributed by atoms with van der Waals surface area (Å²) in [5.74, 6) is 1.88. The van der Waals surface area contributed by atoms with Gasteiger partial charge in [-0.15, -0.1) is 0 Å². The lowest BCUT2D eigenvalue weighted by Crippen LogP contribution is -2.11. The van der Waals surface area contributed by atoms with Crippen molar-refractivity contribution in [2.24, 2.45) is 0 Å². The van der Waals surface area contributed by atoms with Crippen LogP contribution >= 0.6 is 11.6 Å². The molecule has 102 valence electrons. The first-order chi connectivity index (χ1) is 8.56. The molecule has 0 saturated carbocycles. The van der Waals surface area contributed by atoms with E-state index < -0.39 is 0 Å². The fourth-order valence-electron chi connectivity index (χ4n) is 1.46. The fourth-order valence-corrected chi connectivity index (χ4v) is 1.64. The highest BCUT2D eigenvalue weighted by Gasteiger charge is 2.11. The molecule has 0 unspecified atom stereocenters. The summed E-state index contributed by atoms with van der Waals surface area (Å²) in [6.45, 7) is 10.4. The zero-order valence-corrected chi connectivity index (χ0v) is 12.3. The normalized spacial score (nSPS) is 11.0. The molecule has 0 bridgehead atoms. The lowest BCUT2D eigenvalue weighted by atomic mass is 10.2. The van der Waals surface area contributed by atoms with Crippen molar-refractivity contribution < 1.29 is 4.74 Å². The van der Waals surface area contributed by atoms with E-state index >= 15 is 0 Å². The molecule has 1 aromatic heterocycles. The van der Waals surface area contributed by atoms with Gasteiger partial charge in [-0.1, -0.05) is 25.4 Å². The van der Waals surface area contributed by atoms with Crippen molar-refractivity contribution in [3.8, 4) is 0 Å². The van der Waals surface area contributed by atoms with Crippen LogP contribution in [-0.2, 0) is 4.74 Å². The number of anilines is 1. The Kier molecular flexibility index (Phi) is 6.36. The van der Waals surface area contributed by atoms with Gasteiger partial charge in [0, 0.05) is 31.2 Å². The molecule has 18 heavy (non-hydrogen) atoms. The molecular formula is C13H22ClN3O. The summed E-state index contributed by atoms with van der Waals surface area (Å²) in [6.07, 6.45) is 0.950. The first-order valence-corrected chi connectivity index (χ1v) is 6.79. The molecule has 1 N–H and O–H groups in total. The minimum Gasteiger partial charge on any atom is -0.382 e. The van der Waals surface area contributed by atoms with Crippen molar-refractivity contribution in [2.75, 3.05) is 25.1 Å². The van der Waals surface area contributed by atoms with Crippen LogP contribution in [-0.4, -0.2) is 29.7 Å². The van der Waals surface area contributed by atoms with E-state index in [1.165, 1.54) is 0 Å². The summed E-state index contributed by atoms with van der Waals surface area (Å²) in [6, 6.07) is 0. The molecule has 0 saturated heterocycles. The zero-order chi connectivity index (χ0) is 13.5. The van der Waals surface area contributed by atoms with E-state index in [0.29, 0.717) is 5.15 Å². The van der Waals surface area contributed by atoms with Gasteiger partial charge in [0.05, 0.1) is 0 Å². The maximum absolute atomic E-state index is 6.11. The Morgan fingerprint density at radius 1 is 1.33 bits per heavy atom. The van der Waals surface area contributed by atoms with Crippen LogP contribution in [0.2, 0.25) is 5.15 Å². The van der Waals surface area contributed by atoms with Crippen molar-refractivity contribution in [3.63, 3.8) is 0 Å². The summed E-state index contributed by atoms with van der Waals surface area (Å²) in [5.41, 5.74) is 0.900. The van der Waals surface area contributed by atoms with E-state index in [4.69, 9.17) is 16.3 Å². The summed E-state index contributed by atoms with van der Waals surface area (Å²) in [5, 5.41) is 3.82. The minimum atomic E-state index is 0.270. The molecule has 1 heterocycles. The average molecular weight is 272 g/mol. The number of rotatable bonds is 7. The van der Waals surface area contributed by atoms with E-state index in [0.717, 1.165) is 43.4 Å². The number of nitrogens with one attached hydrogen (secondary N) is 1. The third-order valence-corrected chi connectivity index (χ3v) is 2.95. The average Bonchev–Trinajstić information content (AvgIpc) is 2.33. The Hall–Kier alpha value is -0.870. The molecule has 0 radical (unpaired) electrons. The van der Waals surface area contributed by atoms with Crippen LogP contribution < -0.4 is 5.32 Å². The fraction of sp³-hybridized carbons (Fsp3) is 0.692. The predicted octanol–water partition coefficient (Wildman–Crippen LogP) is 3.40. The van der Waals surface area contributed by atoms with Crippen molar-refractivity contribution >= 4 is 17.4 Å². The summed E-state index contributed by atoms with van der Waals surface area (Å²) in [4.78, 5) is 8.78. The highest BCUT2D eigenvalue weighted by atomic mass is 35.5. The second-order valence-corrected chi connectivity index (χ2v) is 4.84. The van der Waals surface area contributed by atoms with Crippen LogP contribution in [0, 0.1) is 6.92 Å².